The lowest BCUT2D eigenvalue weighted by molar-refractivity contribution is 0.00472. The van der Waals surface area contributed by atoms with Crippen LogP contribution >= 0.6 is 0 Å². The summed E-state index contributed by atoms with van der Waals surface area (Å²) in [7, 11) is 0. The molecule has 0 saturated heterocycles. The third-order valence-electron chi connectivity index (χ3n) is 4.28. The molecule has 2 aromatic rings. The molecule has 0 atom stereocenters. The van der Waals surface area contributed by atoms with Crippen molar-refractivity contribution < 1.29 is 33.2 Å². The number of fused-ring (bicyclic) bond motifs is 2. The lowest BCUT2D eigenvalue weighted by atomic mass is 10.3. The Hall–Kier alpha value is -2.74. The minimum absolute atomic E-state index is 0.311. The Labute approximate surface area is 183 Å². The molecular weight excluding hydrogens is 400 g/mol. The summed E-state index contributed by atoms with van der Waals surface area (Å²) in [6.45, 7) is 8.46. The Balaban J connectivity index is 1.58. The Bertz CT molecular complexity index is 730. The van der Waals surface area contributed by atoms with Crippen molar-refractivity contribution in [1.82, 2.24) is 0 Å². The van der Waals surface area contributed by atoms with Gasteiger partial charge in [0.2, 0.25) is 0 Å². The Morgan fingerprint density at radius 3 is 1.16 bits per heavy atom. The zero-order valence-electron chi connectivity index (χ0n) is 17.8. The third-order valence-corrected chi connectivity index (χ3v) is 4.28. The van der Waals surface area contributed by atoms with Crippen LogP contribution in [0, 0.1) is 0 Å². The van der Waals surface area contributed by atoms with Gasteiger partial charge in [-0.15, -0.1) is 0 Å². The molecule has 0 aliphatic carbocycles. The highest BCUT2D eigenvalue weighted by molar-refractivity contribution is 5.40. The standard InChI is InChI=1S/C24H30O7/c1-20-18-30-23-8-4-2-6-21(23)28-16-14-26-12-10-25-11-13-27-15-17-29-22-7-3-5-9-24(22)31-19-20/h2-9H,1,10-19H2. The molecule has 0 spiro atoms. The van der Waals surface area contributed by atoms with Crippen molar-refractivity contribution in [1.29, 1.82) is 0 Å². The third kappa shape index (κ3) is 8.49. The molecule has 0 bridgehead atoms. The summed E-state index contributed by atoms with van der Waals surface area (Å²) in [4.78, 5) is 0. The topological polar surface area (TPSA) is 64.6 Å². The molecule has 168 valence electrons. The predicted octanol–water partition coefficient (Wildman–Crippen LogP) is 3.52. The fraction of sp³-hybridized carbons (Fsp3) is 0.417. The number of hydrogen-bond donors (Lipinski definition) is 0. The van der Waals surface area contributed by atoms with E-state index in [0.29, 0.717) is 89.1 Å². The lowest BCUT2D eigenvalue weighted by Crippen LogP contribution is -2.15. The Morgan fingerprint density at radius 1 is 0.452 bits per heavy atom. The number of ether oxygens (including phenoxy) is 7. The summed E-state index contributed by atoms with van der Waals surface area (Å²) in [5.41, 5.74) is 0.790. The van der Waals surface area contributed by atoms with E-state index in [1.165, 1.54) is 0 Å². The van der Waals surface area contributed by atoms with E-state index in [0.717, 1.165) is 5.57 Å². The van der Waals surface area contributed by atoms with Crippen molar-refractivity contribution in [3.8, 4) is 23.0 Å². The van der Waals surface area contributed by atoms with Gasteiger partial charge >= 0.3 is 0 Å². The summed E-state index contributed by atoms with van der Waals surface area (Å²) < 4.78 is 39.9. The SMILES string of the molecule is C=C1COc2ccccc2OCCOCCOCCOCCOc2ccccc2OC1. The second-order valence-electron chi connectivity index (χ2n) is 6.75. The molecule has 3 rings (SSSR count). The fourth-order valence-electron chi connectivity index (χ4n) is 2.74. The molecule has 7 nitrogen and oxygen atoms in total. The van der Waals surface area contributed by atoms with Crippen molar-refractivity contribution in [2.24, 2.45) is 0 Å². The van der Waals surface area contributed by atoms with Crippen LogP contribution in [-0.2, 0) is 14.2 Å². The highest BCUT2D eigenvalue weighted by atomic mass is 16.6. The molecule has 0 fully saturated rings. The van der Waals surface area contributed by atoms with E-state index >= 15 is 0 Å². The van der Waals surface area contributed by atoms with Crippen LogP contribution in [0.5, 0.6) is 23.0 Å². The first kappa shape index (κ1) is 22.9. The molecule has 2 aromatic carbocycles. The van der Waals surface area contributed by atoms with Gasteiger partial charge in [0, 0.05) is 0 Å². The molecule has 0 amide bonds. The first-order chi connectivity index (χ1) is 15.3. The van der Waals surface area contributed by atoms with Crippen molar-refractivity contribution >= 4 is 0 Å². The molecule has 0 saturated carbocycles. The van der Waals surface area contributed by atoms with Crippen LogP contribution in [0.2, 0.25) is 0 Å². The van der Waals surface area contributed by atoms with E-state index in [9.17, 15) is 0 Å². The van der Waals surface area contributed by atoms with Gasteiger partial charge < -0.3 is 33.2 Å². The van der Waals surface area contributed by atoms with Crippen LogP contribution in [0.1, 0.15) is 0 Å². The summed E-state index contributed by atoms with van der Waals surface area (Å²) in [5, 5.41) is 0. The van der Waals surface area contributed by atoms with Gasteiger partial charge in [0.25, 0.3) is 0 Å². The van der Waals surface area contributed by atoms with Crippen LogP contribution < -0.4 is 18.9 Å². The van der Waals surface area contributed by atoms with Crippen LogP contribution in [0.15, 0.2) is 60.7 Å². The number of hydrogen-bond acceptors (Lipinski definition) is 7. The zero-order valence-corrected chi connectivity index (χ0v) is 17.8. The number of benzene rings is 2. The molecule has 0 unspecified atom stereocenters. The van der Waals surface area contributed by atoms with E-state index in [1.807, 2.05) is 48.5 Å². The van der Waals surface area contributed by atoms with Gasteiger partial charge in [-0.05, 0) is 29.8 Å². The van der Waals surface area contributed by atoms with Crippen molar-refractivity contribution in [3.63, 3.8) is 0 Å². The fourth-order valence-corrected chi connectivity index (χ4v) is 2.74. The van der Waals surface area contributed by atoms with Crippen LogP contribution in [-0.4, -0.2) is 66.1 Å². The van der Waals surface area contributed by atoms with E-state index in [1.54, 1.807) is 0 Å². The van der Waals surface area contributed by atoms with Crippen molar-refractivity contribution in [3.05, 3.63) is 60.7 Å². The predicted molar refractivity (Wildman–Crippen MR) is 116 cm³/mol. The summed E-state index contributed by atoms with van der Waals surface area (Å²) in [5.74, 6) is 2.62. The molecule has 1 aliphatic rings. The highest BCUT2D eigenvalue weighted by Crippen LogP contribution is 2.28. The van der Waals surface area contributed by atoms with E-state index in [2.05, 4.69) is 6.58 Å². The van der Waals surface area contributed by atoms with Gasteiger partial charge in [0.15, 0.2) is 23.0 Å². The van der Waals surface area contributed by atoms with Crippen molar-refractivity contribution in [2.75, 3.05) is 66.1 Å². The molecule has 0 aromatic heterocycles. The van der Waals surface area contributed by atoms with Gasteiger partial charge in [-0.2, -0.15) is 0 Å². The number of para-hydroxylation sites is 4. The zero-order chi connectivity index (χ0) is 21.6. The molecule has 7 heteroatoms. The summed E-state index contributed by atoms with van der Waals surface area (Å²) in [6, 6.07) is 15.1. The first-order valence-corrected chi connectivity index (χ1v) is 10.4. The Morgan fingerprint density at radius 2 is 0.774 bits per heavy atom. The molecule has 31 heavy (non-hydrogen) atoms. The lowest BCUT2D eigenvalue weighted by Gasteiger charge is -2.16. The monoisotopic (exact) mass is 430 g/mol. The Kier molecular flexibility index (Phi) is 10.0. The quantitative estimate of drug-likeness (QED) is 0.593. The highest BCUT2D eigenvalue weighted by Gasteiger charge is 2.08. The van der Waals surface area contributed by atoms with Gasteiger partial charge in [-0.1, -0.05) is 30.8 Å². The van der Waals surface area contributed by atoms with E-state index < -0.39 is 0 Å². The van der Waals surface area contributed by atoms with Gasteiger partial charge in [0.05, 0.1) is 39.6 Å². The second kappa shape index (κ2) is 13.5. The molecular formula is C24H30O7. The number of rotatable bonds is 0. The molecule has 1 heterocycles. The molecule has 0 radical (unpaired) electrons. The summed E-state index contributed by atoms with van der Waals surface area (Å²) >= 11 is 0. The summed E-state index contributed by atoms with van der Waals surface area (Å²) in [6.07, 6.45) is 0. The maximum atomic E-state index is 5.89. The van der Waals surface area contributed by atoms with Crippen LogP contribution in [0.3, 0.4) is 0 Å². The maximum absolute atomic E-state index is 5.89. The smallest absolute Gasteiger partial charge is 0.161 e. The van der Waals surface area contributed by atoms with Crippen LogP contribution in [0.25, 0.3) is 0 Å². The minimum atomic E-state index is 0.311. The van der Waals surface area contributed by atoms with Gasteiger partial charge in [0.1, 0.15) is 26.4 Å². The van der Waals surface area contributed by atoms with Gasteiger partial charge in [-0.25, -0.2) is 0 Å². The van der Waals surface area contributed by atoms with Crippen molar-refractivity contribution in [2.45, 2.75) is 0 Å². The minimum Gasteiger partial charge on any atom is -0.487 e. The largest absolute Gasteiger partial charge is 0.487 e. The average Bonchev–Trinajstić information content (AvgIpc) is 2.80. The average molecular weight is 430 g/mol. The first-order valence-electron chi connectivity index (χ1n) is 10.4. The normalized spacial score (nSPS) is 17.7. The molecule has 0 N–H and O–H groups in total. The van der Waals surface area contributed by atoms with E-state index in [4.69, 9.17) is 33.2 Å². The van der Waals surface area contributed by atoms with Crippen LogP contribution in [0.4, 0.5) is 0 Å². The van der Waals surface area contributed by atoms with Gasteiger partial charge in [-0.3, -0.25) is 0 Å². The molecule has 1 aliphatic heterocycles. The maximum Gasteiger partial charge on any atom is 0.161 e. The van der Waals surface area contributed by atoms with E-state index in [-0.39, 0.29) is 0 Å². The second-order valence-corrected chi connectivity index (χ2v) is 6.75.